The van der Waals surface area contributed by atoms with E-state index in [1.54, 1.807) is 6.92 Å². The average Bonchev–Trinajstić information content (AvgIpc) is 2.35. The van der Waals surface area contributed by atoms with Gasteiger partial charge in [0.05, 0.1) is 4.92 Å². The van der Waals surface area contributed by atoms with Gasteiger partial charge in [0, 0.05) is 11.6 Å². The normalized spacial score (nSPS) is 11.7. The number of aliphatic carboxylic acids is 1. The molecule has 7 nitrogen and oxygen atoms in total. The van der Waals surface area contributed by atoms with Gasteiger partial charge in [0.1, 0.15) is 6.04 Å². The first-order valence-electron chi connectivity index (χ1n) is 5.34. The maximum atomic E-state index is 13.1. The van der Waals surface area contributed by atoms with Crippen LogP contribution in [0.25, 0.3) is 0 Å². The van der Waals surface area contributed by atoms with Crippen LogP contribution in [0.2, 0.25) is 0 Å². The van der Waals surface area contributed by atoms with Gasteiger partial charge in [-0.3, -0.25) is 14.9 Å². The number of nitro groups is 1. The molecule has 1 rings (SSSR count). The first-order valence-corrected chi connectivity index (χ1v) is 5.34. The van der Waals surface area contributed by atoms with Crippen molar-refractivity contribution < 1.29 is 24.0 Å². The highest BCUT2D eigenvalue weighted by molar-refractivity contribution is 5.97. The molecular weight excluding hydrogens is 259 g/mol. The first-order chi connectivity index (χ1) is 8.86. The van der Waals surface area contributed by atoms with E-state index < -0.39 is 34.3 Å². The topological polar surface area (TPSA) is 110 Å². The maximum absolute atomic E-state index is 13.1. The zero-order chi connectivity index (χ0) is 14.6. The van der Waals surface area contributed by atoms with Crippen molar-refractivity contribution in [3.63, 3.8) is 0 Å². The molecule has 8 heteroatoms. The molecule has 0 bridgehead atoms. The van der Waals surface area contributed by atoms with Gasteiger partial charge >= 0.3 is 11.7 Å². The Bertz CT molecular complexity index is 532. The van der Waals surface area contributed by atoms with Gasteiger partial charge < -0.3 is 10.4 Å². The molecule has 1 atom stereocenters. The number of hydrogen-bond acceptors (Lipinski definition) is 4. The number of halogens is 1. The summed E-state index contributed by atoms with van der Waals surface area (Å²) in [7, 11) is 0. The quantitative estimate of drug-likeness (QED) is 0.619. The molecule has 0 aliphatic heterocycles. The second-order valence-corrected chi connectivity index (χ2v) is 3.70. The van der Waals surface area contributed by atoms with Crippen LogP contribution in [0, 0.1) is 15.9 Å². The van der Waals surface area contributed by atoms with E-state index in [-0.39, 0.29) is 12.0 Å². The van der Waals surface area contributed by atoms with E-state index in [1.165, 1.54) is 0 Å². The number of carbonyl (C=O) groups is 2. The molecule has 0 saturated carbocycles. The van der Waals surface area contributed by atoms with Crippen molar-refractivity contribution in [3.8, 4) is 0 Å². The van der Waals surface area contributed by atoms with Crippen LogP contribution in [0.5, 0.6) is 0 Å². The highest BCUT2D eigenvalue weighted by Gasteiger charge is 2.21. The monoisotopic (exact) mass is 270 g/mol. The molecule has 0 aromatic heterocycles. The lowest BCUT2D eigenvalue weighted by Crippen LogP contribution is -2.40. The molecule has 1 aromatic rings. The number of benzene rings is 1. The fourth-order valence-corrected chi connectivity index (χ4v) is 1.37. The molecule has 0 saturated heterocycles. The molecule has 102 valence electrons. The zero-order valence-corrected chi connectivity index (χ0v) is 9.92. The van der Waals surface area contributed by atoms with E-state index in [0.717, 1.165) is 18.2 Å². The van der Waals surface area contributed by atoms with E-state index in [2.05, 4.69) is 5.32 Å². The number of rotatable bonds is 5. The van der Waals surface area contributed by atoms with Gasteiger partial charge in [-0.05, 0) is 18.6 Å². The van der Waals surface area contributed by atoms with Gasteiger partial charge in [-0.25, -0.2) is 4.79 Å². The van der Waals surface area contributed by atoms with Crippen LogP contribution in [0.3, 0.4) is 0 Å². The van der Waals surface area contributed by atoms with Crippen LogP contribution in [-0.4, -0.2) is 27.9 Å². The van der Waals surface area contributed by atoms with E-state index in [4.69, 9.17) is 5.11 Å². The summed E-state index contributed by atoms with van der Waals surface area (Å²) in [5, 5.41) is 21.5. The molecule has 0 heterocycles. The standard InChI is InChI=1S/C11H11FN2O5/c1-2-8(11(16)17)13-10(15)6-3-4-7(12)9(5-6)14(18)19/h3-5,8H,2H2,1H3,(H,13,15)(H,16,17). The minimum Gasteiger partial charge on any atom is -0.480 e. The SMILES string of the molecule is CCC(NC(=O)c1ccc(F)c([N+](=O)[O-])c1)C(=O)O. The van der Waals surface area contributed by atoms with Gasteiger partial charge in [0.15, 0.2) is 0 Å². The minimum atomic E-state index is -1.22. The van der Waals surface area contributed by atoms with Gasteiger partial charge in [-0.2, -0.15) is 4.39 Å². The Hall–Kier alpha value is -2.51. The van der Waals surface area contributed by atoms with Crippen molar-refractivity contribution >= 4 is 17.6 Å². The molecule has 1 amide bonds. The Morgan fingerprint density at radius 3 is 2.63 bits per heavy atom. The second-order valence-electron chi connectivity index (χ2n) is 3.70. The van der Waals surface area contributed by atoms with E-state index >= 15 is 0 Å². The van der Waals surface area contributed by atoms with Crippen LogP contribution in [0.15, 0.2) is 18.2 Å². The fraction of sp³-hybridized carbons (Fsp3) is 0.273. The summed E-state index contributed by atoms with van der Waals surface area (Å²) in [6.45, 7) is 1.56. The maximum Gasteiger partial charge on any atom is 0.326 e. The number of nitro benzene ring substituents is 1. The number of amides is 1. The Morgan fingerprint density at radius 1 is 1.53 bits per heavy atom. The van der Waals surface area contributed by atoms with E-state index in [1.807, 2.05) is 0 Å². The van der Waals surface area contributed by atoms with Crippen LogP contribution < -0.4 is 5.32 Å². The van der Waals surface area contributed by atoms with Crippen LogP contribution in [0.1, 0.15) is 23.7 Å². The zero-order valence-electron chi connectivity index (χ0n) is 9.92. The summed E-state index contributed by atoms with van der Waals surface area (Å²) < 4.78 is 13.1. The van der Waals surface area contributed by atoms with Crippen LogP contribution in [-0.2, 0) is 4.79 Å². The van der Waals surface area contributed by atoms with Gasteiger partial charge in [0.25, 0.3) is 5.91 Å². The van der Waals surface area contributed by atoms with Crippen LogP contribution in [0.4, 0.5) is 10.1 Å². The fourth-order valence-electron chi connectivity index (χ4n) is 1.37. The molecular formula is C11H11FN2O5. The van der Waals surface area contributed by atoms with Crippen molar-refractivity contribution in [3.05, 3.63) is 39.7 Å². The molecule has 0 fully saturated rings. The van der Waals surface area contributed by atoms with Crippen molar-refractivity contribution in [1.82, 2.24) is 5.32 Å². The number of nitrogens with one attached hydrogen (secondary N) is 1. The molecule has 0 spiro atoms. The molecule has 2 N–H and O–H groups in total. The van der Waals surface area contributed by atoms with Crippen molar-refractivity contribution in [2.24, 2.45) is 0 Å². The summed E-state index contributed by atoms with van der Waals surface area (Å²) in [5.41, 5.74) is -1.01. The van der Waals surface area contributed by atoms with Crippen molar-refractivity contribution in [2.75, 3.05) is 0 Å². The lowest BCUT2D eigenvalue weighted by molar-refractivity contribution is -0.387. The third-order valence-electron chi connectivity index (χ3n) is 2.42. The average molecular weight is 270 g/mol. The predicted octanol–water partition coefficient (Wildman–Crippen LogP) is 1.33. The Kier molecular flexibility index (Phi) is 4.51. The summed E-state index contributed by atoms with van der Waals surface area (Å²) in [6.07, 6.45) is 0.157. The van der Waals surface area contributed by atoms with E-state index in [9.17, 15) is 24.1 Å². The third-order valence-corrected chi connectivity index (χ3v) is 2.42. The number of carboxylic acid groups (broad SMARTS) is 1. The summed E-state index contributed by atoms with van der Waals surface area (Å²) >= 11 is 0. The molecule has 1 aromatic carbocycles. The molecule has 0 aliphatic carbocycles. The predicted molar refractivity (Wildman–Crippen MR) is 62.2 cm³/mol. The summed E-state index contributed by atoms with van der Waals surface area (Å²) in [6, 6.07) is 1.50. The Labute approximate surface area is 107 Å². The van der Waals surface area contributed by atoms with Gasteiger partial charge in [-0.15, -0.1) is 0 Å². The number of carbonyl (C=O) groups excluding carboxylic acids is 1. The van der Waals surface area contributed by atoms with Gasteiger partial charge in [-0.1, -0.05) is 6.92 Å². The lowest BCUT2D eigenvalue weighted by Gasteiger charge is -2.12. The molecule has 0 radical (unpaired) electrons. The molecule has 1 unspecified atom stereocenters. The Balaban J connectivity index is 2.97. The van der Waals surface area contributed by atoms with Crippen molar-refractivity contribution in [1.29, 1.82) is 0 Å². The summed E-state index contributed by atoms with van der Waals surface area (Å²) in [4.78, 5) is 32.0. The third kappa shape index (κ3) is 3.47. The van der Waals surface area contributed by atoms with E-state index in [0.29, 0.717) is 0 Å². The lowest BCUT2D eigenvalue weighted by atomic mass is 10.1. The summed E-state index contributed by atoms with van der Waals surface area (Å²) in [5.74, 6) is -3.09. The highest BCUT2D eigenvalue weighted by Crippen LogP contribution is 2.18. The highest BCUT2D eigenvalue weighted by atomic mass is 19.1. The van der Waals surface area contributed by atoms with Crippen molar-refractivity contribution in [2.45, 2.75) is 19.4 Å². The number of hydrogen-bond donors (Lipinski definition) is 2. The molecule has 19 heavy (non-hydrogen) atoms. The largest absolute Gasteiger partial charge is 0.480 e. The van der Waals surface area contributed by atoms with Crippen LogP contribution >= 0.6 is 0 Å². The smallest absolute Gasteiger partial charge is 0.326 e. The first kappa shape index (κ1) is 14.6. The molecule has 0 aliphatic rings. The second kappa shape index (κ2) is 5.89. The Morgan fingerprint density at radius 2 is 2.16 bits per heavy atom. The van der Waals surface area contributed by atoms with Gasteiger partial charge in [0.2, 0.25) is 5.82 Å². The number of carboxylic acids is 1. The number of nitrogens with zero attached hydrogens (tertiary/aromatic N) is 1. The minimum absolute atomic E-state index is 0.157.